The second-order valence-corrected chi connectivity index (χ2v) is 12.9. The Hall–Kier alpha value is -3.81. The zero-order valence-corrected chi connectivity index (χ0v) is 27.3. The largest absolute Gasteiger partial charge is 0.496 e. The van der Waals surface area contributed by atoms with Gasteiger partial charge in [-0.1, -0.05) is 24.6 Å². The molecule has 2 aromatic carbocycles. The summed E-state index contributed by atoms with van der Waals surface area (Å²) < 4.78 is 26.6. The van der Waals surface area contributed by atoms with Gasteiger partial charge in [0.15, 0.2) is 0 Å². The molecule has 2 aliphatic rings. The topological polar surface area (TPSA) is 85.2 Å². The van der Waals surface area contributed by atoms with Gasteiger partial charge in [0.1, 0.15) is 34.6 Å². The molecule has 0 N–H and O–H groups in total. The zero-order valence-electron chi connectivity index (χ0n) is 26.5. The number of halogens is 2. The summed E-state index contributed by atoms with van der Waals surface area (Å²) in [6.07, 6.45) is 0.169. The smallest absolute Gasteiger partial charge is 0.410 e. The minimum Gasteiger partial charge on any atom is -0.496 e. The molecule has 0 spiro atoms. The Labute approximate surface area is 263 Å². The van der Waals surface area contributed by atoms with E-state index in [0.29, 0.717) is 71.9 Å². The molecule has 1 aromatic heterocycles. The maximum Gasteiger partial charge on any atom is 0.410 e. The summed E-state index contributed by atoms with van der Waals surface area (Å²) >= 11 is 7.01. The van der Waals surface area contributed by atoms with Crippen LogP contribution in [0.15, 0.2) is 24.3 Å². The van der Waals surface area contributed by atoms with Crippen LogP contribution in [0.25, 0.3) is 22.0 Å². The molecule has 0 atom stereocenters. The van der Waals surface area contributed by atoms with E-state index in [4.69, 9.17) is 26.1 Å². The second-order valence-electron chi connectivity index (χ2n) is 12.5. The number of hydrogen-bond acceptors (Lipinski definition) is 8. The van der Waals surface area contributed by atoms with Gasteiger partial charge in [0.25, 0.3) is 0 Å². The van der Waals surface area contributed by atoms with Gasteiger partial charge in [0.2, 0.25) is 0 Å². The van der Waals surface area contributed by atoms with Gasteiger partial charge in [-0.15, -0.1) is 0 Å². The monoisotopic (exact) mass is 622 g/mol. The quantitative estimate of drug-likeness (QED) is 0.334. The number of carbonyl (C=O) groups excluding carboxylic acids is 1. The van der Waals surface area contributed by atoms with Crippen molar-refractivity contribution >= 4 is 40.1 Å². The van der Waals surface area contributed by atoms with E-state index in [1.807, 2.05) is 41.8 Å². The number of benzene rings is 2. The maximum absolute atomic E-state index is 15.4. The summed E-state index contributed by atoms with van der Waals surface area (Å²) in [6.45, 7) is 10.9. The van der Waals surface area contributed by atoms with Crippen LogP contribution in [0.2, 0.25) is 5.02 Å². The van der Waals surface area contributed by atoms with Crippen LogP contribution >= 0.6 is 11.6 Å². The third-order valence-electron chi connectivity index (χ3n) is 8.34. The van der Waals surface area contributed by atoms with Crippen LogP contribution in [-0.2, 0) is 11.2 Å². The first-order chi connectivity index (χ1) is 20.9. The van der Waals surface area contributed by atoms with Crippen LogP contribution in [0, 0.1) is 17.1 Å². The number of carbonyl (C=O) groups is 1. The van der Waals surface area contributed by atoms with Gasteiger partial charge in [-0.3, -0.25) is 0 Å². The van der Waals surface area contributed by atoms with Crippen LogP contribution in [0.4, 0.5) is 20.7 Å². The van der Waals surface area contributed by atoms with E-state index in [-0.39, 0.29) is 11.7 Å². The number of amides is 1. The van der Waals surface area contributed by atoms with Crippen molar-refractivity contribution in [1.82, 2.24) is 14.8 Å². The molecule has 2 fully saturated rings. The van der Waals surface area contributed by atoms with E-state index in [2.05, 4.69) is 20.8 Å². The molecule has 5 rings (SSSR count). The Kier molecular flexibility index (Phi) is 8.83. The molecular formula is C33H40ClFN6O3. The Morgan fingerprint density at radius 2 is 1.84 bits per heavy atom. The number of aryl methyl sites for hydroxylation is 1. The number of nitriles is 1. The van der Waals surface area contributed by atoms with Crippen LogP contribution < -0.4 is 14.5 Å². The summed E-state index contributed by atoms with van der Waals surface area (Å²) in [6, 6.07) is 9.31. The fourth-order valence-electron chi connectivity index (χ4n) is 5.99. The molecule has 0 aliphatic carbocycles. The molecular weight excluding hydrogens is 583 g/mol. The standard InChI is InChI=1S/C33H40ClFN6O3/c1-8-21-27(28-25(35)10-9-11-26(28)43-7)24(34)16-22-29(21)37-31(41-18-20(19-41)38(5)6)23(17-36)30(22)39-12-14-40(15-13-39)32(42)44-33(2,3)4/h9-11,16,20H,8,12-15,18-19H2,1-7H3. The third-order valence-corrected chi connectivity index (χ3v) is 8.63. The number of rotatable bonds is 6. The van der Waals surface area contributed by atoms with Crippen molar-refractivity contribution in [3.63, 3.8) is 0 Å². The van der Waals surface area contributed by atoms with E-state index >= 15 is 4.39 Å². The Morgan fingerprint density at radius 1 is 1.16 bits per heavy atom. The molecule has 0 bridgehead atoms. The summed E-state index contributed by atoms with van der Waals surface area (Å²) in [7, 11) is 5.60. The van der Waals surface area contributed by atoms with E-state index in [1.54, 1.807) is 23.1 Å². The molecule has 9 nitrogen and oxygen atoms in total. The van der Waals surface area contributed by atoms with Gasteiger partial charge in [-0.05, 0) is 65.0 Å². The number of ether oxygens (including phenoxy) is 2. The number of likely N-dealkylation sites (N-methyl/N-ethyl adjacent to an activating group) is 1. The molecule has 0 unspecified atom stereocenters. The Balaban J connectivity index is 1.69. The lowest BCUT2D eigenvalue weighted by atomic mass is 9.92. The number of piperazine rings is 1. The van der Waals surface area contributed by atoms with Crippen LogP contribution in [-0.4, -0.2) is 93.0 Å². The third kappa shape index (κ3) is 5.83. The molecule has 3 aromatic rings. The maximum atomic E-state index is 15.4. The Morgan fingerprint density at radius 3 is 2.41 bits per heavy atom. The summed E-state index contributed by atoms with van der Waals surface area (Å²) in [5.74, 6) is 0.542. The van der Waals surface area contributed by atoms with Gasteiger partial charge in [-0.25, -0.2) is 14.2 Å². The minimum absolute atomic E-state index is 0.288. The first-order valence-electron chi connectivity index (χ1n) is 14.9. The van der Waals surface area contributed by atoms with Gasteiger partial charge < -0.3 is 29.1 Å². The van der Waals surface area contributed by atoms with E-state index in [9.17, 15) is 10.1 Å². The zero-order chi connectivity index (χ0) is 31.9. The average Bonchev–Trinajstić information content (AvgIpc) is 2.94. The molecule has 3 heterocycles. The predicted molar refractivity (Wildman–Crippen MR) is 172 cm³/mol. The van der Waals surface area contributed by atoms with Crippen molar-refractivity contribution in [2.24, 2.45) is 0 Å². The van der Waals surface area contributed by atoms with E-state index in [0.717, 1.165) is 29.7 Å². The summed E-state index contributed by atoms with van der Waals surface area (Å²) in [4.78, 5) is 26.1. The molecule has 2 saturated heterocycles. The number of nitrogens with zero attached hydrogens (tertiary/aromatic N) is 6. The van der Waals surface area contributed by atoms with Crippen molar-refractivity contribution in [2.45, 2.75) is 45.8 Å². The highest BCUT2D eigenvalue weighted by Crippen LogP contribution is 2.46. The van der Waals surface area contributed by atoms with Crippen molar-refractivity contribution in [3.05, 3.63) is 46.2 Å². The number of aromatic nitrogens is 1. The Bertz CT molecular complexity index is 1620. The average molecular weight is 623 g/mol. The lowest BCUT2D eigenvalue weighted by Crippen LogP contribution is -2.58. The van der Waals surface area contributed by atoms with Gasteiger partial charge in [-0.2, -0.15) is 5.26 Å². The van der Waals surface area contributed by atoms with Gasteiger partial charge in [0.05, 0.1) is 23.9 Å². The van der Waals surface area contributed by atoms with E-state index < -0.39 is 11.4 Å². The fraction of sp³-hybridized carbons (Fsp3) is 0.485. The fourth-order valence-corrected chi connectivity index (χ4v) is 6.31. The normalized spacial score (nSPS) is 15.9. The highest BCUT2D eigenvalue weighted by atomic mass is 35.5. The molecule has 0 saturated carbocycles. The number of fused-ring (bicyclic) bond motifs is 1. The first kappa shape index (κ1) is 31.6. The first-order valence-corrected chi connectivity index (χ1v) is 15.3. The molecule has 11 heteroatoms. The highest BCUT2D eigenvalue weighted by Gasteiger charge is 2.35. The lowest BCUT2D eigenvalue weighted by Gasteiger charge is -2.44. The van der Waals surface area contributed by atoms with Crippen molar-refractivity contribution < 1.29 is 18.7 Å². The molecule has 0 radical (unpaired) electrons. The predicted octanol–water partition coefficient (Wildman–Crippen LogP) is 5.94. The highest BCUT2D eigenvalue weighted by molar-refractivity contribution is 6.35. The molecule has 234 valence electrons. The van der Waals surface area contributed by atoms with Crippen LogP contribution in [0.1, 0.15) is 38.8 Å². The molecule has 44 heavy (non-hydrogen) atoms. The SMILES string of the molecule is CCc1c(-c2c(F)cccc2OC)c(Cl)cc2c(N3CCN(C(=O)OC(C)(C)C)CC3)c(C#N)c(N3CC(N(C)C)C3)nc12. The van der Waals surface area contributed by atoms with Crippen molar-refractivity contribution in [1.29, 1.82) is 5.26 Å². The summed E-state index contributed by atoms with van der Waals surface area (Å²) in [5.41, 5.74) is 2.88. The van der Waals surface area contributed by atoms with Crippen molar-refractivity contribution in [3.8, 4) is 22.9 Å². The number of hydrogen-bond donors (Lipinski definition) is 0. The van der Waals surface area contributed by atoms with Crippen LogP contribution in [0.3, 0.4) is 0 Å². The van der Waals surface area contributed by atoms with E-state index in [1.165, 1.54) is 13.2 Å². The minimum atomic E-state index is -0.591. The summed E-state index contributed by atoms with van der Waals surface area (Å²) in [5, 5.41) is 11.7. The van der Waals surface area contributed by atoms with Gasteiger partial charge in [0, 0.05) is 61.3 Å². The van der Waals surface area contributed by atoms with Crippen LogP contribution in [0.5, 0.6) is 5.75 Å². The molecule has 1 amide bonds. The number of anilines is 2. The number of pyridine rings is 1. The van der Waals surface area contributed by atoms with Crippen molar-refractivity contribution in [2.75, 3.05) is 70.3 Å². The number of methoxy groups -OCH3 is 1. The van der Waals surface area contributed by atoms with Gasteiger partial charge >= 0.3 is 6.09 Å². The lowest BCUT2D eigenvalue weighted by molar-refractivity contribution is 0.0240. The molecule has 2 aliphatic heterocycles. The second kappa shape index (κ2) is 12.3.